The van der Waals surface area contributed by atoms with Crippen LogP contribution in [0.5, 0.6) is 5.75 Å². The molecule has 0 aliphatic carbocycles. The highest BCUT2D eigenvalue weighted by atomic mass is 79.9. The van der Waals surface area contributed by atoms with Crippen molar-refractivity contribution in [1.29, 1.82) is 0 Å². The van der Waals surface area contributed by atoms with Crippen molar-refractivity contribution in [3.05, 3.63) is 69.0 Å². The Hall–Kier alpha value is -2.64. The fourth-order valence-electron chi connectivity index (χ4n) is 3.00. The number of methoxy groups -OCH3 is 1. The predicted molar refractivity (Wildman–Crippen MR) is 113 cm³/mol. The molecule has 0 atom stereocenters. The quantitative estimate of drug-likeness (QED) is 0.557. The van der Waals surface area contributed by atoms with Crippen molar-refractivity contribution in [1.82, 2.24) is 4.90 Å². The number of hydrogen-bond donors (Lipinski definition) is 1. The van der Waals surface area contributed by atoms with Crippen LogP contribution < -0.4 is 15.7 Å². The summed E-state index contributed by atoms with van der Waals surface area (Å²) in [5.41, 5.74) is 1.56. The topological polar surface area (TPSA) is 71.8 Å². The molecule has 0 unspecified atom stereocenters. The number of fused-ring (bicyclic) bond motifs is 1. The smallest absolute Gasteiger partial charge is 0.336 e. The van der Waals surface area contributed by atoms with E-state index in [-0.39, 0.29) is 12.5 Å². The molecule has 0 radical (unpaired) electrons. The number of rotatable bonds is 7. The molecule has 1 amide bonds. The van der Waals surface area contributed by atoms with Gasteiger partial charge in [0.05, 0.1) is 19.3 Å². The molecule has 0 bridgehead atoms. The van der Waals surface area contributed by atoms with Crippen molar-refractivity contribution in [2.45, 2.75) is 13.5 Å². The molecule has 0 spiro atoms. The monoisotopic (exact) mass is 444 g/mol. The molecule has 6 nitrogen and oxygen atoms in total. The number of anilines is 1. The van der Waals surface area contributed by atoms with E-state index in [0.29, 0.717) is 30.1 Å². The molecular formula is C21H21BrN2O4. The summed E-state index contributed by atoms with van der Waals surface area (Å²) in [7, 11) is 1.56. The molecule has 0 saturated carbocycles. The lowest BCUT2D eigenvalue weighted by Crippen LogP contribution is -2.33. The maximum Gasteiger partial charge on any atom is 0.336 e. The van der Waals surface area contributed by atoms with E-state index in [2.05, 4.69) is 21.2 Å². The second-order valence-electron chi connectivity index (χ2n) is 6.28. The Balaban J connectivity index is 1.77. The van der Waals surface area contributed by atoms with Crippen LogP contribution in [0.1, 0.15) is 12.5 Å². The molecule has 3 rings (SSSR count). The number of halogens is 1. The lowest BCUT2D eigenvalue weighted by atomic mass is 10.1. The summed E-state index contributed by atoms with van der Waals surface area (Å²) in [5.74, 6) is 0.456. The number of nitrogens with zero attached hydrogens (tertiary/aromatic N) is 1. The van der Waals surface area contributed by atoms with E-state index in [1.54, 1.807) is 25.3 Å². The first-order valence-corrected chi connectivity index (χ1v) is 9.67. The van der Waals surface area contributed by atoms with Crippen LogP contribution in [0.2, 0.25) is 0 Å². The van der Waals surface area contributed by atoms with Crippen LogP contribution in [0.3, 0.4) is 0 Å². The Kier molecular flexibility index (Phi) is 6.49. The van der Waals surface area contributed by atoms with Gasteiger partial charge >= 0.3 is 5.63 Å². The van der Waals surface area contributed by atoms with Crippen LogP contribution in [0.4, 0.5) is 5.69 Å². The highest BCUT2D eigenvalue weighted by molar-refractivity contribution is 9.10. The minimum Gasteiger partial charge on any atom is -0.495 e. The van der Waals surface area contributed by atoms with Gasteiger partial charge in [0.1, 0.15) is 11.3 Å². The molecule has 0 aliphatic heterocycles. The maximum atomic E-state index is 12.5. The van der Waals surface area contributed by atoms with Crippen molar-refractivity contribution in [2.24, 2.45) is 0 Å². The van der Waals surface area contributed by atoms with Crippen LogP contribution in [-0.2, 0) is 11.3 Å². The average Bonchev–Trinajstić information content (AvgIpc) is 2.67. The summed E-state index contributed by atoms with van der Waals surface area (Å²) in [4.78, 5) is 26.4. The largest absolute Gasteiger partial charge is 0.495 e. The summed E-state index contributed by atoms with van der Waals surface area (Å²) >= 11 is 3.39. The van der Waals surface area contributed by atoms with Crippen LogP contribution in [-0.4, -0.2) is 31.0 Å². The van der Waals surface area contributed by atoms with Gasteiger partial charge < -0.3 is 14.5 Å². The second kappa shape index (κ2) is 9.03. The van der Waals surface area contributed by atoms with Gasteiger partial charge in [-0.2, -0.15) is 0 Å². The third-order valence-electron chi connectivity index (χ3n) is 4.38. The minimum atomic E-state index is -0.407. The van der Waals surface area contributed by atoms with Gasteiger partial charge in [0, 0.05) is 22.5 Å². The summed E-state index contributed by atoms with van der Waals surface area (Å²) in [6.45, 7) is 3.27. The van der Waals surface area contributed by atoms with Crippen molar-refractivity contribution < 1.29 is 13.9 Å². The first-order valence-electron chi connectivity index (χ1n) is 8.87. The molecule has 146 valence electrons. The Bertz CT molecular complexity index is 1050. The standard InChI is InChI=1S/C21H21BrN2O4/c1-3-24(13-20(25)23-17-6-4-5-7-18(17)27-2)12-14-10-21(26)28-19-11-15(22)8-9-16(14)19/h4-11H,3,12-13H2,1-2H3,(H,23,25). The SMILES string of the molecule is CCN(CC(=O)Nc1ccccc1OC)Cc1cc(=O)oc2cc(Br)ccc12. The van der Waals surface area contributed by atoms with Crippen molar-refractivity contribution >= 4 is 38.5 Å². The lowest BCUT2D eigenvalue weighted by Gasteiger charge is -2.21. The number of amides is 1. The number of para-hydroxylation sites is 2. The number of carbonyl (C=O) groups excluding carboxylic acids is 1. The normalized spacial score (nSPS) is 11.0. The van der Waals surface area contributed by atoms with Gasteiger partial charge in [-0.15, -0.1) is 0 Å². The van der Waals surface area contributed by atoms with Gasteiger partial charge in [0.25, 0.3) is 0 Å². The Labute approximate surface area is 171 Å². The molecule has 2 aromatic carbocycles. The molecule has 7 heteroatoms. The molecular weight excluding hydrogens is 424 g/mol. The number of likely N-dealkylation sites (N-methyl/N-ethyl adjacent to an activating group) is 1. The van der Waals surface area contributed by atoms with Gasteiger partial charge in [0.15, 0.2) is 0 Å². The van der Waals surface area contributed by atoms with Gasteiger partial charge in [-0.1, -0.05) is 35.0 Å². The number of carbonyl (C=O) groups is 1. The van der Waals surface area contributed by atoms with E-state index >= 15 is 0 Å². The van der Waals surface area contributed by atoms with Gasteiger partial charge in [-0.05, 0) is 42.4 Å². The highest BCUT2D eigenvalue weighted by Crippen LogP contribution is 2.24. The van der Waals surface area contributed by atoms with Gasteiger partial charge in [-0.3, -0.25) is 9.69 Å². The van der Waals surface area contributed by atoms with Crippen molar-refractivity contribution in [3.63, 3.8) is 0 Å². The summed E-state index contributed by atoms with van der Waals surface area (Å²) in [6, 6.07) is 14.3. The fraction of sp³-hybridized carbons (Fsp3) is 0.238. The van der Waals surface area contributed by atoms with Crippen LogP contribution >= 0.6 is 15.9 Å². The van der Waals surface area contributed by atoms with E-state index in [1.807, 2.05) is 36.1 Å². The lowest BCUT2D eigenvalue weighted by molar-refractivity contribution is -0.117. The van der Waals surface area contributed by atoms with E-state index in [0.717, 1.165) is 15.4 Å². The Morgan fingerprint density at radius 2 is 2.00 bits per heavy atom. The zero-order valence-corrected chi connectivity index (χ0v) is 17.3. The second-order valence-corrected chi connectivity index (χ2v) is 7.20. The molecule has 0 saturated heterocycles. The third-order valence-corrected chi connectivity index (χ3v) is 4.87. The third kappa shape index (κ3) is 4.79. The van der Waals surface area contributed by atoms with Gasteiger partial charge in [0.2, 0.25) is 5.91 Å². The first kappa shape index (κ1) is 20.1. The number of hydrogen-bond acceptors (Lipinski definition) is 5. The molecule has 1 heterocycles. The Morgan fingerprint density at radius 1 is 1.21 bits per heavy atom. The zero-order chi connectivity index (χ0) is 20.1. The van der Waals surface area contributed by atoms with Crippen LogP contribution in [0.25, 0.3) is 11.0 Å². The Morgan fingerprint density at radius 3 is 2.75 bits per heavy atom. The van der Waals surface area contributed by atoms with Crippen LogP contribution in [0, 0.1) is 0 Å². The minimum absolute atomic E-state index is 0.152. The number of benzene rings is 2. The molecule has 1 N–H and O–H groups in total. The van der Waals surface area contributed by atoms with Crippen LogP contribution in [0.15, 0.2) is 62.2 Å². The molecule has 0 aliphatic rings. The van der Waals surface area contributed by atoms with Gasteiger partial charge in [-0.25, -0.2) is 4.79 Å². The summed E-state index contributed by atoms with van der Waals surface area (Å²) in [6.07, 6.45) is 0. The molecule has 3 aromatic rings. The van der Waals surface area contributed by atoms with Crippen molar-refractivity contribution in [2.75, 3.05) is 25.5 Å². The average molecular weight is 445 g/mol. The maximum absolute atomic E-state index is 12.5. The highest BCUT2D eigenvalue weighted by Gasteiger charge is 2.14. The predicted octanol–water partition coefficient (Wildman–Crippen LogP) is 4.02. The number of ether oxygens (including phenoxy) is 1. The molecule has 28 heavy (non-hydrogen) atoms. The number of nitrogens with one attached hydrogen (secondary N) is 1. The molecule has 1 aromatic heterocycles. The summed E-state index contributed by atoms with van der Waals surface area (Å²) in [5, 5.41) is 3.73. The molecule has 0 fully saturated rings. The first-order chi connectivity index (χ1) is 13.5. The van der Waals surface area contributed by atoms with E-state index < -0.39 is 5.63 Å². The van der Waals surface area contributed by atoms with E-state index in [1.165, 1.54) is 6.07 Å². The van der Waals surface area contributed by atoms with Crippen molar-refractivity contribution in [3.8, 4) is 5.75 Å². The summed E-state index contributed by atoms with van der Waals surface area (Å²) < 4.78 is 11.4. The van der Waals surface area contributed by atoms with E-state index in [4.69, 9.17) is 9.15 Å². The zero-order valence-electron chi connectivity index (χ0n) is 15.7. The fourth-order valence-corrected chi connectivity index (χ4v) is 3.34. The van der Waals surface area contributed by atoms with E-state index in [9.17, 15) is 9.59 Å².